The highest BCUT2D eigenvalue weighted by molar-refractivity contribution is 7.08. The summed E-state index contributed by atoms with van der Waals surface area (Å²) in [6.45, 7) is 3.89. The molecule has 2 nitrogen and oxygen atoms in total. The first kappa shape index (κ1) is 11.9. The molecule has 0 saturated carbocycles. The largest absolute Gasteiger partial charge is 0.490 e. The number of benzene rings is 1. The molecule has 1 aromatic heterocycles. The summed E-state index contributed by atoms with van der Waals surface area (Å²) < 4.78 is 5.58. The van der Waals surface area contributed by atoms with E-state index in [0.717, 1.165) is 17.4 Å². The lowest BCUT2D eigenvalue weighted by Gasteiger charge is -2.12. The molecule has 0 fully saturated rings. The first-order valence-corrected chi connectivity index (χ1v) is 6.43. The molecule has 2 rings (SSSR count). The zero-order chi connectivity index (χ0) is 12.3. The summed E-state index contributed by atoms with van der Waals surface area (Å²) in [5.74, 6) is 0.647. The molecule has 0 aliphatic heterocycles. The summed E-state index contributed by atoms with van der Waals surface area (Å²) in [5.41, 5.74) is 2.78. The molecule has 0 bridgehead atoms. The summed E-state index contributed by atoms with van der Waals surface area (Å²) in [4.78, 5) is 11.1. The minimum Gasteiger partial charge on any atom is -0.490 e. The zero-order valence-electron chi connectivity index (χ0n) is 9.84. The third kappa shape index (κ3) is 2.74. The fraction of sp³-hybridized carbons (Fsp3) is 0.214. The van der Waals surface area contributed by atoms with Crippen molar-refractivity contribution in [1.29, 1.82) is 0 Å². The van der Waals surface area contributed by atoms with Crippen LogP contribution in [-0.4, -0.2) is 12.4 Å². The van der Waals surface area contributed by atoms with E-state index in [1.807, 2.05) is 43.5 Å². The van der Waals surface area contributed by atoms with Crippen molar-refractivity contribution >= 4 is 17.6 Å². The highest BCUT2D eigenvalue weighted by atomic mass is 32.1. The number of ether oxygens (including phenoxy) is 1. The smallest absolute Gasteiger partial charge is 0.153 e. The third-order valence-electron chi connectivity index (χ3n) is 2.35. The molecule has 17 heavy (non-hydrogen) atoms. The first-order valence-electron chi connectivity index (χ1n) is 5.49. The van der Waals surface area contributed by atoms with Gasteiger partial charge in [0, 0.05) is 0 Å². The number of thiophene rings is 1. The highest BCUT2D eigenvalue weighted by Gasteiger charge is 2.07. The van der Waals surface area contributed by atoms with Crippen LogP contribution in [0.5, 0.6) is 5.75 Å². The van der Waals surface area contributed by atoms with Crippen molar-refractivity contribution in [2.24, 2.45) is 0 Å². The van der Waals surface area contributed by atoms with Gasteiger partial charge in [0.15, 0.2) is 6.29 Å². The van der Waals surface area contributed by atoms with Crippen molar-refractivity contribution in [3.8, 4) is 16.9 Å². The van der Waals surface area contributed by atoms with Crippen molar-refractivity contribution in [2.75, 3.05) is 0 Å². The lowest BCUT2D eigenvalue weighted by molar-refractivity contribution is 0.111. The quantitative estimate of drug-likeness (QED) is 0.762. The van der Waals surface area contributed by atoms with Gasteiger partial charge in [-0.3, -0.25) is 4.79 Å². The van der Waals surface area contributed by atoms with Crippen LogP contribution in [0.15, 0.2) is 35.0 Å². The zero-order valence-corrected chi connectivity index (χ0v) is 10.7. The number of rotatable bonds is 4. The second kappa shape index (κ2) is 5.15. The third-order valence-corrected chi connectivity index (χ3v) is 3.04. The van der Waals surface area contributed by atoms with Crippen LogP contribution in [0.2, 0.25) is 0 Å². The van der Waals surface area contributed by atoms with Gasteiger partial charge in [0.2, 0.25) is 0 Å². The van der Waals surface area contributed by atoms with E-state index in [0.29, 0.717) is 11.3 Å². The molecule has 2 aromatic rings. The predicted octanol–water partition coefficient (Wildman–Crippen LogP) is 4.01. The summed E-state index contributed by atoms with van der Waals surface area (Å²) in [6.07, 6.45) is 0.911. The Labute approximate surface area is 105 Å². The van der Waals surface area contributed by atoms with Gasteiger partial charge in [-0.2, -0.15) is 11.3 Å². The highest BCUT2D eigenvalue weighted by Crippen LogP contribution is 2.27. The maximum atomic E-state index is 11.1. The van der Waals surface area contributed by atoms with Crippen LogP contribution in [0.3, 0.4) is 0 Å². The van der Waals surface area contributed by atoms with Crippen molar-refractivity contribution in [3.63, 3.8) is 0 Å². The van der Waals surface area contributed by atoms with Crippen LogP contribution in [0.25, 0.3) is 11.1 Å². The molecule has 0 saturated heterocycles. The Balaban J connectivity index is 2.37. The molecule has 0 aliphatic rings. The van der Waals surface area contributed by atoms with Gasteiger partial charge in [-0.15, -0.1) is 0 Å². The van der Waals surface area contributed by atoms with Crippen LogP contribution in [-0.2, 0) is 0 Å². The first-order chi connectivity index (χ1) is 8.20. The fourth-order valence-corrected chi connectivity index (χ4v) is 2.28. The lowest BCUT2D eigenvalue weighted by Crippen LogP contribution is -2.07. The molecular formula is C14H14O2S. The Kier molecular flexibility index (Phi) is 3.59. The van der Waals surface area contributed by atoms with Crippen LogP contribution in [0, 0.1) is 0 Å². The van der Waals surface area contributed by atoms with E-state index in [9.17, 15) is 4.79 Å². The van der Waals surface area contributed by atoms with E-state index in [4.69, 9.17) is 4.74 Å². The van der Waals surface area contributed by atoms with Gasteiger partial charge in [0.1, 0.15) is 5.75 Å². The Hall–Kier alpha value is -1.61. The standard InChI is InChI=1S/C14H14O2S/c1-10(2)16-14-4-3-11(7-13(14)8-15)12-5-6-17-9-12/h3-10H,1-2H3. The second-order valence-electron chi connectivity index (χ2n) is 4.05. The second-order valence-corrected chi connectivity index (χ2v) is 4.83. The van der Waals surface area contributed by atoms with Crippen molar-refractivity contribution in [3.05, 3.63) is 40.6 Å². The van der Waals surface area contributed by atoms with Gasteiger partial charge in [-0.05, 0) is 53.9 Å². The van der Waals surface area contributed by atoms with Crippen LogP contribution < -0.4 is 4.74 Å². The Morgan fingerprint density at radius 3 is 2.65 bits per heavy atom. The summed E-state index contributed by atoms with van der Waals surface area (Å²) in [7, 11) is 0. The van der Waals surface area contributed by atoms with Gasteiger partial charge in [-0.25, -0.2) is 0 Å². The van der Waals surface area contributed by atoms with E-state index in [2.05, 4.69) is 5.38 Å². The normalized spacial score (nSPS) is 10.5. The molecule has 0 spiro atoms. The number of carbonyl (C=O) groups is 1. The van der Waals surface area contributed by atoms with Crippen LogP contribution in [0.4, 0.5) is 0 Å². The summed E-state index contributed by atoms with van der Waals surface area (Å²) in [6, 6.07) is 7.74. The van der Waals surface area contributed by atoms with Gasteiger partial charge in [0.25, 0.3) is 0 Å². The maximum absolute atomic E-state index is 11.1. The number of hydrogen-bond donors (Lipinski definition) is 0. The van der Waals surface area contributed by atoms with Gasteiger partial charge < -0.3 is 4.74 Å². The van der Waals surface area contributed by atoms with E-state index in [-0.39, 0.29) is 6.10 Å². The van der Waals surface area contributed by atoms with Crippen LogP contribution in [0.1, 0.15) is 24.2 Å². The van der Waals surface area contributed by atoms with Gasteiger partial charge in [-0.1, -0.05) is 6.07 Å². The van der Waals surface area contributed by atoms with Gasteiger partial charge in [0.05, 0.1) is 11.7 Å². The number of aldehydes is 1. The van der Waals surface area contributed by atoms with E-state index in [1.54, 1.807) is 11.3 Å². The van der Waals surface area contributed by atoms with E-state index >= 15 is 0 Å². The number of carbonyl (C=O) groups excluding carboxylic acids is 1. The van der Waals surface area contributed by atoms with Crippen molar-refractivity contribution < 1.29 is 9.53 Å². The molecule has 1 heterocycles. The SMILES string of the molecule is CC(C)Oc1ccc(-c2ccsc2)cc1C=O. The van der Waals surface area contributed by atoms with Crippen LogP contribution >= 0.6 is 11.3 Å². The predicted molar refractivity (Wildman–Crippen MR) is 70.9 cm³/mol. The molecule has 0 amide bonds. The summed E-state index contributed by atoms with van der Waals surface area (Å²) >= 11 is 1.64. The van der Waals surface area contributed by atoms with Crippen molar-refractivity contribution in [2.45, 2.75) is 20.0 Å². The molecule has 0 atom stereocenters. The Bertz CT molecular complexity index is 501. The van der Waals surface area contributed by atoms with E-state index < -0.39 is 0 Å². The fourth-order valence-electron chi connectivity index (χ4n) is 1.61. The minimum atomic E-state index is 0.0701. The summed E-state index contributed by atoms with van der Waals surface area (Å²) in [5, 5.41) is 4.08. The Morgan fingerprint density at radius 1 is 1.24 bits per heavy atom. The van der Waals surface area contributed by atoms with E-state index in [1.165, 1.54) is 0 Å². The molecule has 0 aliphatic carbocycles. The monoisotopic (exact) mass is 246 g/mol. The lowest BCUT2D eigenvalue weighted by atomic mass is 10.1. The molecule has 0 N–H and O–H groups in total. The average molecular weight is 246 g/mol. The topological polar surface area (TPSA) is 26.3 Å². The Morgan fingerprint density at radius 2 is 2.06 bits per heavy atom. The number of hydrogen-bond acceptors (Lipinski definition) is 3. The molecular weight excluding hydrogens is 232 g/mol. The van der Waals surface area contributed by atoms with Crippen molar-refractivity contribution in [1.82, 2.24) is 0 Å². The molecule has 0 radical (unpaired) electrons. The average Bonchev–Trinajstić information content (AvgIpc) is 2.82. The molecule has 0 unspecified atom stereocenters. The maximum Gasteiger partial charge on any atom is 0.153 e. The molecule has 1 aromatic carbocycles. The molecule has 3 heteroatoms. The minimum absolute atomic E-state index is 0.0701. The van der Waals surface area contributed by atoms with Gasteiger partial charge >= 0.3 is 0 Å². The molecule has 88 valence electrons.